The average molecular weight is 353 g/mol. The second kappa shape index (κ2) is 6.24. The van der Waals surface area contributed by atoms with Crippen molar-refractivity contribution in [1.29, 1.82) is 0 Å². The number of nitrogens with one attached hydrogen (secondary N) is 1. The van der Waals surface area contributed by atoms with Crippen LogP contribution in [0.4, 0.5) is 5.13 Å². The molecule has 1 aliphatic rings. The molecule has 0 aliphatic heterocycles. The van der Waals surface area contributed by atoms with E-state index in [1.807, 2.05) is 23.6 Å². The van der Waals surface area contributed by atoms with Gasteiger partial charge in [0.25, 0.3) is 0 Å². The lowest BCUT2D eigenvalue weighted by Crippen LogP contribution is -2.02. The van der Waals surface area contributed by atoms with Crippen LogP contribution in [0.15, 0.2) is 89.3 Å². The maximum Gasteiger partial charge on any atom is 0.203 e. The summed E-state index contributed by atoms with van der Waals surface area (Å²) in [5, 5.41) is 7.54. The fraction of sp³-hybridized carbons (Fsp3) is 0. The predicted molar refractivity (Wildman–Crippen MR) is 109 cm³/mol. The summed E-state index contributed by atoms with van der Waals surface area (Å²) in [6.45, 7) is 0. The van der Waals surface area contributed by atoms with E-state index < -0.39 is 0 Å². The highest BCUT2D eigenvalue weighted by Crippen LogP contribution is 2.36. The maximum absolute atomic E-state index is 4.70. The van der Waals surface area contributed by atoms with Crippen LogP contribution in [-0.2, 0) is 0 Å². The molecule has 0 unspecified atom stereocenters. The molecule has 0 saturated heterocycles. The van der Waals surface area contributed by atoms with Gasteiger partial charge < -0.3 is 0 Å². The molecule has 0 bridgehead atoms. The third kappa shape index (κ3) is 2.52. The predicted octanol–water partition coefficient (Wildman–Crippen LogP) is 5.66. The number of nitrogens with zero attached hydrogens (tertiary/aromatic N) is 2. The first-order chi connectivity index (χ1) is 12.9. The van der Waals surface area contributed by atoms with Crippen molar-refractivity contribution in [2.24, 2.45) is 5.10 Å². The third-order valence-corrected chi connectivity index (χ3v) is 5.24. The summed E-state index contributed by atoms with van der Waals surface area (Å²) in [5.74, 6) is 0. The van der Waals surface area contributed by atoms with Gasteiger partial charge in [-0.3, -0.25) is 5.43 Å². The molecule has 0 radical (unpaired) electrons. The van der Waals surface area contributed by atoms with Gasteiger partial charge in [-0.15, -0.1) is 11.3 Å². The zero-order valence-electron chi connectivity index (χ0n) is 13.9. The number of hydrazone groups is 1. The first-order valence-electron chi connectivity index (χ1n) is 8.44. The number of fused-ring (bicyclic) bond motifs is 3. The van der Waals surface area contributed by atoms with E-state index in [-0.39, 0.29) is 0 Å². The molecule has 1 aliphatic carbocycles. The number of benzene rings is 3. The van der Waals surface area contributed by atoms with E-state index in [2.05, 4.69) is 71.1 Å². The molecule has 1 aromatic heterocycles. The SMILES string of the molecule is c1ccc(-c2csc(NN=C3c4ccccc4-c4ccccc43)n2)cc1. The summed E-state index contributed by atoms with van der Waals surface area (Å²) in [4.78, 5) is 4.65. The van der Waals surface area contributed by atoms with Crippen molar-refractivity contribution in [3.05, 3.63) is 95.4 Å². The Hall–Kier alpha value is -3.24. The average Bonchev–Trinajstić information content (AvgIpc) is 3.30. The lowest BCUT2D eigenvalue weighted by Gasteiger charge is -2.02. The normalized spacial score (nSPS) is 11.8. The van der Waals surface area contributed by atoms with Gasteiger partial charge in [-0.05, 0) is 11.1 Å². The summed E-state index contributed by atoms with van der Waals surface area (Å²) in [5.41, 5.74) is 11.0. The van der Waals surface area contributed by atoms with E-state index >= 15 is 0 Å². The van der Waals surface area contributed by atoms with Gasteiger partial charge in [-0.1, -0.05) is 78.9 Å². The van der Waals surface area contributed by atoms with Crippen molar-refractivity contribution >= 4 is 22.2 Å². The van der Waals surface area contributed by atoms with Gasteiger partial charge in [0.05, 0.1) is 11.4 Å². The molecule has 0 saturated carbocycles. The standard InChI is InChI=1S/C22H15N3S/c1-2-8-15(9-3-1)20-14-26-22(23-20)25-24-21-18-12-6-4-10-16(18)17-11-5-7-13-19(17)21/h1-14H,(H,23,25). The Balaban J connectivity index is 1.49. The second-order valence-corrected chi connectivity index (χ2v) is 6.93. The van der Waals surface area contributed by atoms with Crippen LogP contribution >= 0.6 is 11.3 Å². The molecule has 5 rings (SSSR count). The maximum atomic E-state index is 4.70. The minimum absolute atomic E-state index is 0.790. The monoisotopic (exact) mass is 353 g/mol. The summed E-state index contributed by atoms with van der Waals surface area (Å²) < 4.78 is 0. The molecule has 0 atom stereocenters. The first kappa shape index (κ1) is 15.0. The molecule has 0 fully saturated rings. The number of hydrogen-bond donors (Lipinski definition) is 1. The van der Waals surface area contributed by atoms with Gasteiger partial charge in [0.15, 0.2) is 0 Å². The van der Waals surface area contributed by atoms with Crippen molar-refractivity contribution in [3.63, 3.8) is 0 Å². The smallest absolute Gasteiger partial charge is 0.203 e. The molecule has 0 amide bonds. The molecule has 1 heterocycles. The Bertz CT molecular complexity index is 1070. The first-order valence-corrected chi connectivity index (χ1v) is 9.32. The Kier molecular flexibility index (Phi) is 3.61. The topological polar surface area (TPSA) is 37.3 Å². The zero-order chi connectivity index (χ0) is 17.3. The molecule has 1 N–H and O–H groups in total. The Labute approximate surface area is 155 Å². The number of aromatic nitrogens is 1. The van der Waals surface area contributed by atoms with Crippen LogP contribution in [0.5, 0.6) is 0 Å². The lowest BCUT2D eigenvalue weighted by atomic mass is 10.1. The summed E-state index contributed by atoms with van der Waals surface area (Å²) in [7, 11) is 0. The number of hydrogen-bond acceptors (Lipinski definition) is 4. The minimum Gasteiger partial charge on any atom is -0.252 e. The summed E-state index contributed by atoms with van der Waals surface area (Å²) in [6.07, 6.45) is 0. The van der Waals surface area contributed by atoms with Crippen LogP contribution in [0.3, 0.4) is 0 Å². The molecule has 3 aromatic carbocycles. The lowest BCUT2D eigenvalue weighted by molar-refractivity contribution is 1.28. The van der Waals surface area contributed by atoms with E-state index in [1.54, 1.807) is 11.3 Å². The zero-order valence-corrected chi connectivity index (χ0v) is 14.7. The highest BCUT2D eigenvalue weighted by atomic mass is 32.1. The number of rotatable bonds is 3. The van der Waals surface area contributed by atoms with Gasteiger partial charge in [0, 0.05) is 22.1 Å². The van der Waals surface area contributed by atoms with Gasteiger partial charge in [0.1, 0.15) is 0 Å². The van der Waals surface area contributed by atoms with Crippen molar-refractivity contribution in [2.45, 2.75) is 0 Å². The van der Waals surface area contributed by atoms with Crippen LogP contribution in [0.1, 0.15) is 11.1 Å². The largest absolute Gasteiger partial charge is 0.252 e. The molecule has 26 heavy (non-hydrogen) atoms. The summed E-state index contributed by atoms with van der Waals surface area (Å²) >= 11 is 1.56. The van der Waals surface area contributed by atoms with E-state index in [4.69, 9.17) is 5.10 Å². The van der Waals surface area contributed by atoms with E-state index in [1.165, 1.54) is 11.1 Å². The van der Waals surface area contributed by atoms with E-state index in [9.17, 15) is 0 Å². The van der Waals surface area contributed by atoms with Crippen LogP contribution in [-0.4, -0.2) is 10.7 Å². The molecule has 3 nitrogen and oxygen atoms in total. The van der Waals surface area contributed by atoms with Gasteiger partial charge in [0.2, 0.25) is 5.13 Å². The highest BCUT2D eigenvalue weighted by molar-refractivity contribution is 7.14. The van der Waals surface area contributed by atoms with Gasteiger partial charge >= 0.3 is 0 Å². The van der Waals surface area contributed by atoms with Crippen molar-refractivity contribution in [2.75, 3.05) is 5.43 Å². The number of anilines is 1. The molecular formula is C22H15N3S. The van der Waals surface area contributed by atoms with Crippen LogP contribution < -0.4 is 5.43 Å². The fourth-order valence-electron chi connectivity index (χ4n) is 3.28. The molecule has 4 aromatic rings. The second-order valence-electron chi connectivity index (χ2n) is 6.07. The molecule has 124 valence electrons. The van der Waals surface area contributed by atoms with Crippen molar-refractivity contribution < 1.29 is 0 Å². The minimum atomic E-state index is 0.790. The molecular weight excluding hydrogens is 338 g/mol. The molecule has 4 heteroatoms. The van der Waals surface area contributed by atoms with Crippen LogP contribution in [0.2, 0.25) is 0 Å². The van der Waals surface area contributed by atoms with Crippen LogP contribution in [0.25, 0.3) is 22.4 Å². The van der Waals surface area contributed by atoms with Crippen LogP contribution in [0, 0.1) is 0 Å². The van der Waals surface area contributed by atoms with E-state index in [0.717, 1.165) is 33.2 Å². The van der Waals surface area contributed by atoms with Crippen molar-refractivity contribution in [1.82, 2.24) is 4.98 Å². The number of thiazole rings is 1. The summed E-state index contributed by atoms with van der Waals surface area (Å²) in [6, 6.07) is 27.0. The van der Waals surface area contributed by atoms with Crippen molar-refractivity contribution in [3.8, 4) is 22.4 Å². The Morgan fingerprint density at radius 3 is 1.92 bits per heavy atom. The fourth-order valence-corrected chi connectivity index (χ4v) is 3.95. The quantitative estimate of drug-likeness (QED) is 0.425. The third-order valence-electron chi connectivity index (χ3n) is 4.49. The van der Waals surface area contributed by atoms with Gasteiger partial charge in [-0.25, -0.2) is 4.98 Å². The highest BCUT2D eigenvalue weighted by Gasteiger charge is 2.24. The Morgan fingerprint density at radius 2 is 1.27 bits per heavy atom. The Morgan fingerprint density at radius 1 is 0.692 bits per heavy atom. The van der Waals surface area contributed by atoms with E-state index in [0.29, 0.717) is 0 Å². The molecule has 0 spiro atoms. The van der Waals surface area contributed by atoms with Gasteiger partial charge in [-0.2, -0.15) is 5.10 Å².